The minimum Gasteiger partial charge on any atom is -0.386 e. The Bertz CT molecular complexity index is 984. The Balaban J connectivity index is 1.29. The third kappa shape index (κ3) is 5.17. The minimum absolute atomic E-state index is 0.236. The molecule has 0 radical (unpaired) electrons. The lowest BCUT2D eigenvalue weighted by molar-refractivity contribution is -0.115. The van der Waals surface area contributed by atoms with Crippen LogP contribution in [-0.4, -0.2) is 46.2 Å². The second-order valence-corrected chi connectivity index (χ2v) is 7.84. The van der Waals surface area contributed by atoms with E-state index in [2.05, 4.69) is 20.8 Å². The number of carbonyl (C=O) groups is 2. The van der Waals surface area contributed by atoms with Gasteiger partial charge < -0.3 is 20.4 Å². The molecule has 3 amide bonds. The Morgan fingerprint density at radius 1 is 1.13 bits per heavy atom. The van der Waals surface area contributed by atoms with Crippen molar-refractivity contribution in [3.05, 3.63) is 65.7 Å². The molecule has 4 rings (SSSR count). The van der Waals surface area contributed by atoms with Crippen molar-refractivity contribution in [1.82, 2.24) is 20.5 Å². The van der Waals surface area contributed by atoms with Gasteiger partial charge in [0, 0.05) is 38.4 Å². The third-order valence-electron chi connectivity index (χ3n) is 5.46. The molecular formula is C22H24FN5O3. The Kier molecular flexibility index (Phi) is 6.11. The molecule has 2 aromatic rings. The van der Waals surface area contributed by atoms with Crippen molar-refractivity contribution in [3.63, 3.8) is 0 Å². The zero-order valence-electron chi connectivity index (χ0n) is 17.0. The molecule has 162 valence electrons. The number of benzene rings is 1. The number of nitrogens with one attached hydrogen (secondary N) is 2. The zero-order valence-corrected chi connectivity index (χ0v) is 17.0. The molecule has 0 saturated carbocycles. The van der Waals surface area contributed by atoms with E-state index in [0.29, 0.717) is 43.8 Å². The first-order valence-electron chi connectivity index (χ1n) is 10.2. The van der Waals surface area contributed by atoms with Gasteiger partial charge in [0.25, 0.3) is 5.91 Å². The van der Waals surface area contributed by atoms with Crippen LogP contribution in [0.4, 0.5) is 9.18 Å². The van der Waals surface area contributed by atoms with Crippen LogP contribution in [0.1, 0.15) is 30.4 Å². The van der Waals surface area contributed by atoms with Crippen molar-refractivity contribution < 1.29 is 18.8 Å². The Morgan fingerprint density at radius 2 is 1.94 bits per heavy atom. The molecule has 2 aliphatic heterocycles. The van der Waals surface area contributed by atoms with Crippen LogP contribution < -0.4 is 10.6 Å². The molecule has 1 saturated heterocycles. The summed E-state index contributed by atoms with van der Waals surface area (Å²) in [5.74, 6) is -0.615. The number of halogens is 1. The number of piperidine rings is 1. The maximum Gasteiger partial charge on any atom is 0.317 e. The monoisotopic (exact) mass is 425 g/mol. The van der Waals surface area contributed by atoms with Gasteiger partial charge in [-0.2, -0.15) is 0 Å². The molecule has 2 N–H and O–H groups in total. The number of oxime groups is 1. The fourth-order valence-corrected chi connectivity index (χ4v) is 3.85. The van der Waals surface area contributed by atoms with Crippen molar-refractivity contribution in [3.8, 4) is 0 Å². The lowest BCUT2D eigenvalue weighted by atomic mass is 9.88. The average molecular weight is 425 g/mol. The SMILES string of the molecule is O=C(NCc1ccncc1)C1=NO[C@]2(CCCN(C(=O)NCc3cccc(F)c3)C2)C1. The predicted molar refractivity (Wildman–Crippen MR) is 111 cm³/mol. The van der Waals surface area contributed by atoms with E-state index in [1.807, 2.05) is 12.1 Å². The van der Waals surface area contributed by atoms with Crippen molar-refractivity contribution in [2.24, 2.45) is 5.16 Å². The van der Waals surface area contributed by atoms with Gasteiger partial charge >= 0.3 is 6.03 Å². The maximum atomic E-state index is 13.3. The molecule has 8 nitrogen and oxygen atoms in total. The van der Waals surface area contributed by atoms with E-state index in [9.17, 15) is 14.0 Å². The van der Waals surface area contributed by atoms with E-state index in [1.54, 1.807) is 29.4 Å². The second-order valence-electron chi connectivity index (χ2n) is 7.84. The highest BCUT2D eigenvalue weighted by Crippen LogP contribution is 2.33. The first kappa shape index (κ1) is 20.8. The van der Waals surface area contributed by atoms with Crippen molar-refractivity contribution in [1.29, 1.82) is 0 Å². The van der Waals surface area contributed by atoms with Crippen LogP contribution in [0.2, 0.25) is 0 Å². The smallest absolute Gasteiger partial charge is 0.317 e. The van der Waals surface area contributed by atoms with Crippen LogP contribution in [-0.2, 0) is 22.7 Å². The standard InChI is InChI=1S/C22H24FN5O3/c23-18-4-1-3-17(11-18)14-26-21(30)28-10-2-7-22(15-28)12-19(27-31-22)20(29)25-13-16-5-8-24-9-6-16/h1,3-6,8-9,11H,2,7,10,12-15H2,(H,25,29)(H,26,30)/t22-/m1/s1. The Hall–Kier alpha value is -3.49. The fourth-order valence-electron chi connectivity index (χ4n) is 3.85. The molecule has 1 atom stereocenters. The summed E-state index contributed by atoms with van der Waals surface area (Å²) in [6.07, 6.45) is 5.15. The highest BCUT2D eigenvalue weighted by atomic mass is 19.1. The summed E-state index contributed by atoms with van der Waals surface area (Å²) in [7, 11) is 0. The average Bonchev–Trinajstić information content (AvgIpc) is 3.19. The van der Waals surface area contributed by atoms with Crippen molar-refractivity contribution >= 4 is 17.6 Å². The van der Waals surface area contributed by atoms with Gasteiger partial charge in [-0.1, -0.05) is 17.3 Å². The van der Waals surface area contributed by atoms with Crippen molar-refractivity contribution in [2.75, 3.05) is 13.1 Å². The first-order valence-corrected chi connectivity index (χ1v) is 10.2. The molecule has 2 aliphatic rings. The largest absolute Gasteiger partial charge is 0.386 e. The van der Waals surface area contributed by atoms with E-state index in [1.165, 1.54) is 12.1 Å². The quantitative estimate of drug-likeness (QED) is 0.769. The van der Waals surface area contributed by atoms with Crippen LogP contribution in [0.25, 0.3) is 0 Å². The second kappa shape index (κ2) is 9.11. The van der Waals surface area contributed by atoms with Crippen molar-refractivity contribution in [2.45, 2.75) is 38.0 Å². The van der Waals surface area contributed by atoms with E-state index in [0.717, 1.165) is 12.0 Å². The molecule has 1 fully saturated rings. The fraction of sp³-hybridized carbons (Fsp3) is 0.364. The number of hydrogen-bond acceptors (Lipinski definition) is 5. The van der Waals surface area contributed by atoms with Crippen LogP contribution in [0.3, 0.4) is 0 Å². The van der Waals surface area contributed by atoms with E-state index in [-0.39, 0.29) is 24.3 Å². The molecule has 3 heterocycles. The van der Waals surface area contributed by atoms with Crippen LogP contribution >= 0.6 is 0 Å². The highest BCUT2D eigenvalue weighted by Gasteiger charge is 2.45. The van der Waals surface area contributed by atoms with Gasteiger partial charge in [0.05, 0.1) is 6.54 Å². The lowest BCUT2D eigenvalue weighted by Gasteiger charge is -2.38. The molecule has 1 aromatic carbocycles. The molecule has 1 aromatic heterocycles. The topological polar surface area (TPSA) is 95.9 Å². The molecular weight excluding hydrogens is 401 g/mol. The van der Waals surface area contributed by atoms with E-state index < -0.39 is 5.60 Å². The van der Waals surface area contributed by atoms with Crippen LogP contribution in [0, 0.1) is 5.82 Å². The van der Waals surface area contributed by atoms with Gasteiger partial charge in [-0.05, 0) is 48.2 Å². The van der Waals surface area contributed by atoms with E-state index in [4.69, 9.17) is 4.84 Å². The number of nitrogens with zero attached hydrogens (tertiary/aromatic N) is 3. The number of rotatable bonds is 5. The van der Waals surface area contributed by atoms with Gasteiger partial charge in [-0.3, -0.25) is 9.78 Å². The predicted octanol–water partition coefficient (Wildman–Crippen LogP) is 2.36. The van der Waals surface area contributed by atoms with Gasteiger partial charge in [-0.25, -0.2) is 9.18 Å². The van der Waals surface area contributed by atoms with Gasteiger partial charge in [-0.15, -0.1) is 0 Å². The zero-order chi connectivity index (χ0) is 21.7. The molecule has 0 unspecified atom stereocenters. The minimum atomic E-state index is -0.683. The first-order chi connectivity index (χ1) is 15.0. The molecule has 0 bridgehead atoms. The summed E-state index contributed by atoms with van der Waals surface area (Å²) >= 11 is 0. The Morgan fingerprint density at radius 3 is 2.74 bits per heavy atom. The van der Waals surface area contributed by atoms with Crippen LogP contribution in [0.5, 0.6) is 0 Å². The van der Waals surface area contributed by atoms with Gasteiger partial charge in [0.1, 0.15) is 11.5 Å². The molecule has 31 heavy (non-hydrogen) atoms. The maximum absolute atomic E-state index is 13.3. The van der Waals surface area contributed by atoms with Gasteiger partial charge in [0.15, 0.2) is 5.60 Å². The normalized spacial score (nSPS) is 20.2. The Labute approximate surface area is 179 Å². The van der Waals surface area contributed by atoms with Gasteiger partial charge in [0.2, 0.25) is 0 Å². The highest BCUT2D eigenvalue weighted by molar-refractivity contribution is 6.39. The molecule has 1 spiro atoms. The summed E-state index contributed by atoms with van der Waals surface area (Å²) in [4.78, 5) is 36.4. The number of amides is 3. The number of aromatic nitrogens is 1. The lowest BCUT2D eigenvalue weighted by Crippen LogP contribution is -2.53. The van der Waals surface area contributed by atoms with Crippen LogP contribution in [0.15, 0.2) is 53.9 Å². The van der Waals surface area contributed by atoms with E-state index >= 15 is 0 Å². The molecule has 9 heteroatoms. The summed E-state index contributed by atoms with van der Waals surface area (Å²) in [6.45, 7) is 1.54. The number of hydrogen-bond donors (Lipinski definition) is 2. The number of likely N-dealkylation sites (tertiary alicyclic amines) is 1. The third-order valence-corrected chi connectivity index (χ3v) is 5.46. The number of pyridine rings is 1. The summed E-state index contributed by atoms with van der Waals surface area (Å²) < 4.78 is 13.3. The summed E-state index contributed by atoms with van der Waals surface area (Å²) in [5, 5.41) is 9.67. The summed E-state index contributed by atoms with van der Waals surface area (Å²) in [6, 6.07) is 9.53. The number of carbonyl (C=O) groups excluding carboxylic acids is 2. The number of urea groups is 1. The summed E-state index contributed by atoms with van der Waals surface area (Å²) in [5.41, 5.74) is 1.28. The molecule has 0 aliphatic carbocycles.